The molecule has 8 nitrogen and oxygen atoms in total. The van der Waals surface area contributed by atoms with Gasteiger partial charge in [-0.2, -0.15) is 0 Å². The number of unbranched alkanes of at least 4 members (excludes halogenated alkanes) is 2. The predicted molar refractivity (Wildman–Crippen MR) is 140 cm³/mol. The third-order valence-corrected chi connectivity index (χ3v) is 8.14. The Bertz CT molecular complexity index is 1030. The van der Waals surface area contributed by atoms with Crippen molar-refractivity contribution in [3.63, 3.8) is 0 Å². The SMILES string of the molecule is CCC(=O)CCCCC[C@H](NC(=O)[C@H]1CC12CCN(CC)CC2)c1ncc(-c2cccnc2OC)[nH]1. The normalized spacial score (nSPS) is 19.7. The summed E-state index contributed by atoms with van der Waals surface area (Å²) in [5.74, 6) is 1.86. The predicted octanol–water partition coefficient (Wildman–Crippen LogP) is 4.69. The van der Waals surface area contributed by atoms with Crippen LogP contribution in [0.2, 0.25) is 0 Å². The zero-order valence-corrected chi connectivity index (χ0v) is 22.0. The Morgan fingerprint density at radius 1 is 1.22 bits per heavy atom. The largest absolute Gasteiger partial charge is 0.481 e. The molecule has 2 fully saturated rings. The number of aromatic nitrogens is 3. The average molecular weight is 496 g/mol. The van der Waals surface area contributed by atoms with E-state index in [2.05, 4.69) is 32.1 Å². The van der Waals surface area contributed by atoms with Gasteiger partial charge in [-0.1, -0.05) is 26.7 Å². The van der Waals surface area contributed by atoms with E-state index in [-0.39, 0.29) is 23.3 Å². The van der Waals surface area contributed by atoms with E-state index in [1.807, 2.05) is 19.1 Å². The van der Waals surface area contributed by atoms with E-state index in [1.165, 1.54) is 0 Å². The van der Waals surface area contributed by atoms with Gasteiger partial charge >= 0.3 is 0 Å². The summed E-state index contributed by atoms with van der Waals surface area (Å²) in [5.41, 5.74) is 1.85. The molecule has 1 spiro atoms. The Morgan fingerprint density at radius 2 is 2.03 bits per heavy atom. The topological polar surface area (TPSA) is 100 Å². The maximum Gasteiger partial charge on any atom is 0.224 e. The van der Waals surface area contributed by atoms with Gasteiger partial charge in [0.2, 0.25) is 11.8 Å². The molecule has 1 aliphatic carbocycles. The number of aromatic amines is 1. The monoisotopic (exact) mass is 495 g/mol. The van der Waals surface area contributed by atoms with Gasteiger partial charge in [-0.25, -0.2) is 9.97 Å². The Balaban J connectivity index is 1.42. The Labute approximate surface area is 214 Å². The van der Waals surface area contributed by atoms with Gasteiger partial charge in [-0.3, -0.25) is 9.59 Å². The first-order valence-corrected chi connectivity index (χ1v) is 13.6. The number of carbonyl (C=O) groups is 2. The summed E-state index contributed by atoms with van der Waals surface area (Å²) in [4.78, 5) is 39.8. The van der Waals surface area contributed by atoms with E-state index in [1.54, 1.807) is 19.5 Å². The minimum absolute atomic E-state index is 0.106. The van der Waals surface area contributed by atoms with Gasteiger partial charge in [0.05, 0.1) is 30.6 Å². The molecule has 1 aliphatic heterocycles. The summed E-state index contributed by atoms with van der Waals surface area (Å²) in [6.45, 7) is 7.39. The van der Waals surface area contributed by atoms with Gasteiger partial charge in [0.1, 0.15) is 11.6 Å². The molecule has 8 heteroatoms. The lowest BCUT2D eigenvalue weighted by Gasteiger charge is -2.32. The van der Waals surface area contributed by atoms with Crippen molar-refractivity contribution in [1.82, 2.24) is 25.2 Å². The van der Waals surface area contributed by atoms with Crippen molar-refractivity contribution in [3.8, 4) is 17.1 Å². The van der Waals surface area contributed by atoms with Gasteiger partial charge in [-0.15, -0.1) is 0 Å². The quantitative estimate of drug-likeness (QED) is 0.391. The number of rotatable bonds is 13. The van der Waals surface area contributed by atoms with Crippen LogP contribution in [0, 0.1) is 11.3 Å². The lowest BCUT2D eigenvalue weighted by molar-refractivity contribution is -0.124. The number of nitrogens with one attached hydrogen (secondary N) is 2. The fraction of sp³-hybridized carbons (Fsp3) is 0.643. The minimum Gasteiger partial charge on any atom is -0.481 e. The Kier molecular flexibility index (Phi) is 8.77. The highest BCUT2D eigenvalue weighted by Crippen LogP contribution is 2.59. The van der Waals surface area contributed by atoms with Crippen molar-refractivity contribution >= 4 is 11.7 Å². The Morgan fingerprint density at radius 3 is 2.75 bits per heavy atom. The molecule has 1 saturated carbocycles. The first kappa shape index (κ1) is 26.3. The van der Waals surface area contributed by atoms with Crippen LogP contribution in [-0.2, 0) is 9.59 Å². The van der Waals surface area contributed by atoms with Crippen molar-refractivity contribution in [3.05, 3.63) is 30.4 Å². The van der Waals surface area contributed by atoms with Crippen LogP contribution in [-0.4, -0.2) is 58.3 Å². The summed E-state index contributed by atoms with van der Waals surface area (Å²) in [6.07, 6.45) is 11.5. The molecule has 36 heavy (non-hydrogen) atoms. The number of likely N-dealkylation sites (tertiary alicyclic amines) is 1. The van der Waals surface area contributed by atoms with Crippen LogP contribution in [0.15, 0.2) is 24.5 Å². The van der Waals surface area contributed by atoms with Crippen LogP contribution < -0.4 is 10.1 Å². The number of nitrogens with zero attached hydrogens (tertiary/aromatic N) is 3. The van der Waals surface area contributed by atoms with Gasteiger partial charge in [-0.05, 0) is 69.3 Å². The fourth-order valence-electron chi connectivity index (χ4n) is 5.57. The second-order valence-corrected chi connectivity index (χ2v) is 10.3. The van der Waals surface area contributed by atoms with E-state index < -0.39 is 0 Å². The molecule has 0 bridgehead atoms. The highest BCUT2D eigenvalue weighted by atomic mass is 16.5. The lowest BCUT2D eigenvalue weighted by atomic mass is 9.90. The number of imidazole rings is 1. The third kappa shape index (κ3) is 6.14. The summed E-state index contributed by atoms with van der Waals surface area (Å²) in [5, 5.41) is 3.34. The molecule has 2 atom stereocenters. The number of ketones is 1. The molecule has 2 aliphatic rings. The fourth-order valence-corrected chi connectivity index (χ4v) is 5.57. The number of piperidine rings is 1. The van der Waals surface area contributed by atoms with E-state index in [9.17, 15) is 9.59 Å². The van der Waals surface area contributed by atoms with Gasteiger partial charge in [0.25, 0.3) is 0 Å². The molecule has 196 valence electrons. The van der Waals surface area contributed by atoms with Crippen LogP contribution in [0.25, 0.3) is 11.3 Å². The molecule has 0 aromatic carbocycles. The molecule has 2 aromatic heterocycles. The summed E-state index contributed by atoms with van der Waals surface area (Å²) in [7, 11) is 1.60. The maximum absolute atomic E-state index is 13.4. The van der Waals surface area contributed by atoms with Crippen molar-refractivity contribution < 1.29 is 14.3 Å². The molecule has 0 radical (unpaired) electrons. The molecule has 2 N–H and O–H groups in total. The zero-order valence-electron chi connectivity index (χ0n) is 22.0. The highest BCUT2D eigenvalue weighted by molar-refractivity contribution is 5.83. The number of Topliss-reactive ketones (excluding diaryl/α,β-unsaturated/α-hetero) is 1. The second kappa shape index (κ2) is 12.0. The van der Waals surface area contributed by atoms with E-state index in [4.69, 9.17) is 4.74 Å². The first-order chi connectivity index (χ1) is 17.5. The number of ether oxygens (including phenoxy) is 1. The van der Waals surface area contributed by atoms with Gasteiger partial charge in [0, 0.05) is 25.0 Å². The molecule has 4 rings (SSSR count). The number of amides is 1. The molecule has 1 amide bonds. The number of pyridine rings is 1. The van der Waals surface area contributed by atoms with Crippen molar-refractivity contribution in [2.75, 3.05) is 26.7 Å². The molecule has 0 unspecified atom stereocenters. The lowest BCUT2D eigenvalue weighted by Crippen LogP contribution is -2.37. The van der Waals surface area contributed by atoms with Crippen LogP contribution >= 0.6 is 0 Å². The van der Waals surface area contributed by atoms with E-state index in [0.29, 0.717) is 24.5 Å². The van der Waals surface area contributed by atoms with Crippen molar-refractivity contribution in [1.29, 1.82) is 0 Å². The average Bonchev–Trinajstić information content (AvgIpc) is 3.38. The van der Waals surface area contributed by atoms with Crippen molar-refractivity contribution in [2.45, 2.75) is 77.7 Å². The summed E-state index contributed by atoms with van der Waals surface area (Å²) in [6, 6.07) is 3.62. The van der Waals surface area contributed by atoms with Crippen LogP contribution in [0.4, 0.5) is 0 Å². The smallest absolute Gasteiger partial charge is 0.224 e. The third-order valence-electron chi connectivity index (χ3n) is 8.14. The van der Waals surface area contributed by atoms with E-state index in [0.717, 1.165) is 81.7 Å². The van der Waals surface area contributed by atoms with Gasteiger partial charge < -0.3 is 19.9 Å². The molecular weight excluding hydrogens is 454 g/mol. The summed E-state index contributed by atoms with van der Waals surface area (Å²) < 4.78 is 5.41. The Hall–Kier alpha value is -2.74. The number of H-pyrrole nitrogens is 1. The molecule has 3 heterocycles. The first-order valence-electron chi connectivity index (χ1n) is 13.6. The molecule has 2 aromatic rings. The highest BCUT2D eigenvalue weighted by Gasteiger charge is 2.58. The van der Waals surface area contributed by atoms with Crippen LogP contribution in [0.5, 0.6) is 5.88 Å². The standard InChI is InChI=1S/C28H41N5O3/c1-4-20(34)10-7-6-8-12-23(25-30-19-24(31-25)21-11-9-15-29-27(21)36-3)32-26(35)22-18-28(22)13-16-33(5-2)17-14-28/h9,11,15,19,22-23H,4-8,10,12-14,16-18H2,1-3H3,(H,30,31)(H,32,35)/t22-,23+/m1/s1. The van der Waals surface area contributed by atoms with E-state index >= 15 is 0 Å². The van der Waals surface area contributed by atoms with Crippen LogP contribution in [0.3, 0.4) is 0 Å². The molecular formula is C28H41N5O3. The second-order valence-electron chi connectivity index (χ2n) is 10.3. The number of hydrogen-bond acceptors (Lipinski definition) is 6. The van der Waals surface area contributed by atoms with Gasteiger partial charge in [0.15, 0.2) is 0 Å². The van der Waals surface area contributed by atoms with Crippen LogP contribution in [0.1, 0.15) is 83.5 Å². The zero-order chi connectivity index (χ0) is 25.5. The summed E-state index contributed by atoms with van der Waals surface area (Å²) >= 11 is 0. The number of methoxy groups -OCH3 is 1. The number of carbonyl (C=O) groups excluding carboxylic acids is 2. The van der Waals surface area contributed by atoms with Crippen molar-refractivity contribution in [2.24, 2.45) is 11.3 Å². The minimum atomic E-state index is -0.191. The molecule has 1 saturated heterocycles. The maximum atomic E-state index is 13.4. The number of hydrogen-bond donors (Lipinski definition) is 2.